The molecule has 0 fully saturated rings. The molecular formula is C8H7BrN2O. The lowest BCUT2D eigenvalue weighted by Crippen LogP contribution is -1.97. The fraction of sp³-hybridized carbons (Fsp3) is 0.125. The van der Waals surface area contributed by atoms with Gasteiger partial charge in [-0.2, -0.15) is 0 Å². The van der Waals surface area contributed by atoms with Crippen LogP contribution in [0.5, 0.6) is 0 Å². The molecule has 2 rings (SSSR count). The van der Waals surface area contributed by atoms with Crippen LogP contribution in [0.15, 0.2) is 21.4 Å². The first-order chi connectivity index (χ1) is 5.68. The first-order valence-electron chi connectivity index (χ1n) is 3.55. The van der Waals surface area contributed by atoms with E-state index in [1.165, 1.54) is 0 Å². The number of aromatic amines is 2. The summed E-state index contributed by atoms with van der Waals surface area (Å²) in [4.78, 5) is 11.1. The molecule has 0 radical (unpaired) electrons. The van der Waals surface area contributed by atoms with Gasteiger partial charge in [-0.1, -0.05) is 15.9 Å². The van der Waals surface area contributed by atoms with Gasteiger partial charge >= 0.3 is 0 Å². The molecule has 0 atom stereocenters. The van der Waals surface area contributed by atoms with Gasteiger partial charge in [-0.15, -0.1) is 0 Å². The maximum Gasteiger partial charge on any atom is 0.271 e. The van der Waals surface area contributed by atoms with E-state index in [1.807, 2.05) is 19.1 Å². The summed E-state index contributed by atoms with van der Waals surface area (Å²) < 4.78 is 1.00. The molecular weight excluding hydrogens is 220 g/mol. The highest BCUT2D eigenvalue weighted by Crippen LogP contribution is 2.19. The van der Waals surface area contributed by atoms with Crippen molar-refractivity contribution in [3.8, 4) is 0 Å². The van der Waals surface area contributed by atoms with Gasteiger partial charge in [0.1, 0.15) is 0 Å². The van der Waals surface area contributed by atoms with Gasteiger partial charge in [0, 0.05) is 4.47 Å². The van der Waals surface area contributed by atoms with Crippen LogP contribution in [0.2, 0.25) is 0 Å². The van der Waals surface area contributed by atoms with Crippen LogP contribution in [0.4, 0.5) is 0 Å². The minimum Gasteiger partial charge on any atom is -0.297 e. The summed E-state index contributed by atoms with van der Waals surface area (Å²) in [5.74, 6) is 0. The van der Waals surface area contributed by atoms with E-state index in [9.17, 15) is 4.79 Å². The van der Waals surface area contributed by atoms with Gasteiger partial charge in [-0.3, -0.25) is 15.0 Å². The number of hydrogen-bond donors (Lipinski definition) is 2. The number of nitrogens with one attached hydrogen (secondary N) is 2. The molecule has 12 heavy (non-hydrogen) atoms. The Balaban J connectivity index is 2.97. The van der Waals surface area contributed by atoms with E-state index in [0.29, 0.717) is 5.39 Å². The number of halogens is 1. The van der Waals surface area contributed by atoms with Crippen molar-refractivity contribution in [2.75, 3.05) is 0 Å². The van der Waals surface area contributed by atoms with E-state index >= 15 is 0 Å². The molecule has 0 saturated carbocycles. The predicted octanol–water partition coefficient (Wildman–Crippen LogP) is 1.93. The topological polar surface area (TPSA) is 48.6 Å². The zero-order valence-corrected chi connectivity index (χ0v) is 8.03. The summed E-state index contributed by atoms with van der Waals surface area (Å²) in [5, 5.41) is 6.02. The summed E-state index contributed by atoms with van der Waals surface area (Å²) in [5.41, 5.74) is 1.82. The van der Waals surface area contributed by atoms with Gasteiger partial charge in [-0.05, 0) is 24.6 Å². The third kappa shape index (κ3) is 0.992. The molecule has 0 aliphatic carbocycles. The predicted molar refractivity (Wildman–Crippen MR) is 51.4 cm³/mol. The number of aromatic nitrogens is 2. The summed E-state index contributed by atoms with van der Waals surface area (Å²) in [6.45, 7) is 1.95. The first kappa shape index (κ1) is 7.61. The summed E-state index contributed by atoms with van der Waals surface area (Å²) in [7, 11) is 0. The average Bonchev–Trinajstić information content (AvgIpc) is 2.35. The molecule has 4 heteroatoms. The van der Waals surface area contributed by atoms with Crippen LogP contribution in [0, 0.1) is 6.92 Å². The fourth-order valence-electron chi connectivity index (χ4n) is 1.16. The van der Waals surface area contributed by atoms with Crippen LogP contribution in [-0.2, 0) is 0 Å². The smallest absolute Gasteiger partial charge is 0.271 e. The van der Waals surface area contributed by atoms with E-state index in [0.717, 1.165) is 15.6 Å². The standard InChI is InChI=1S/C8H7BrN2O/c1-4-2-5-7(3-6(4)9)10-11-8(5)12/h2-3H,1H3,(H2,10,11,12). The Morgan fingerprint density at radius 2 is 2.08 bits per heavy atom. The number of H-pyrrole nitrogens is 2. The maximum absolute atomic E-state index is 11.1. The molecule has 62 valence electrons. The first-order valence-corrected chi connectivity index (χ1v) is 4.34. The maximum atomic E-state index is 11.1. The number of aryl methyl sites for hydroxylation is 1. The van der Waals surface area contributed by atoms with E-state index in [2.05, 4.69) is 26.1 Å². The lowest BCUT2D eigenvalue weighted by Gasteiger charge is -1.95. The highest BCUT2D eigenvalue weighted by atomic mass is 79.9. The van der Waals surface area contributed by atoms with Crippen molar-refractivity contribution in [1.82, 2.24) is 10.2 Å². The van der Waals surface area contributed by atoms with Crippen LogP contribution in [0.1, 0.15) is 5.56 Å². The molecule has 3 nitrogen and oxygen atoms in total. The second kappa shape index (κ2) is 2.48. The number of hydrogen-bond acceptors (Lipinski definition) is 1. The highest BCUT2D eigenvalue weighted by molar-refractivity contribution is 9.10. The Labute approximate surface area is 76.9 Å². The quantitative estimate of drug-likeness (QED) is 0.709. The zero-order chi connectivity index (χ0) is 8.72. The lowest BCUT2D eigenvalue weighted by molar-refractivity contribution is 1.08. The third-order valence-corrected chi connectivity index (χ3v) is 2.71. The van der Waals surface area contributed by atoms with Crippen LogP contribution < -0.4 is 5.56 Å². The largest absolute Gasteiger partial charge is 0.297 e. The third-order valence-electron chi connectivity index (χ3n) is 1.85. The van der Waals surface area contributed by atoms with Gasteiger partial charge in [0.05, 0.1) is 10.9 Å². The molecule has 0 aliphatic rings. The Bertz CT molecular complexity index is 483. The van der Waals surface area contributed by atoms with Crippen molar-refractivity contribution in [1.29, 1.82) is 0 Å². The Hall–Kier alpha value is -1.03. The minimum absolute atomic E-state index is 0.0689. The van der Waals surface area contributed by atoms with Crippen molar-refractivity contribution >= 4 is 26.8 Å². The number of fused-ring (bicyclic) bond motifs is 1. The van der Waals surface area contributed by atoms with Crippen LogP contribution >= 0.6 is 15.9 Å². The molecule has 0 aliphatic heterocycles. The summed E-state index contributed by atoms with van der Waals surface area (Å²) in [6.07, 6.45) is 0. The molecule has 2 N–H and O–H groups in total. The molecule has 0 bridgehead atoms. The lowest BCUT2D eigenvalue weighted by atomic mass is 10.2. The van der Waals surface area contributed by atoms with Gasteiger partial charge in [0.25, 0.3) is 5.56 Å². The average molecular weight is 227 g/mol. The number of benzene rings is 1. The number of rotatable bonds is 0. The van der Waals surface area contributed by atoms with Gasteiger partial charge in [-0.25, -0.2) is 0 Å². The normalized spacial score (nSPS) is 10.8. The molecule has 0 spiro atoms. The summed E-state index contributed by atoms with van der Waals surface area (Å²) >= 11 is 3.39. The molecule has 1 aromatic heterocycles. The molecule has 0 unspecified atom stereocenters. The van der Waals surface area contributed by atoms with Crippen LogP contribution in [0.3, 0.4) is 0 Å². The van der Waals surface area contributed by atoms with E-state index < -0.39 is 0 Å². The van der Waals surface area contributed by atoms with E-state index in [-0.39, 0.29) is 5.56 Å². The summed E-state index contributed by atoms with van der Waals surface area (Å²) in [6, 6.07) is 3.75. The SMILES string of the molecule is Cc1cc2c(=O)[nH][nH]c2cc1Br. The van der Waals surface area contributed by atoms with Gasteiger partial charge in [0.2, 0.25) is 0 Å². The van der Waals surface area contributed by atoms with Crippen molar-refractivity contribution in [3.05, 3.63) is 32.5 Å². The monoisotopic (exact) mass is 226 g/mol. The van der Waals surface area contributed by atoms with E-state index in [1.54, 1.807) is 0 Å². The Morgan fingerprint density at radius 3 is 2.83 bits per heavy atom. The fourth-order valence-corrected chi connectivity index (χ4v) is 1.51. The van der Waals surface area contributed by atoms with Crippen molar-refractivity contribution in [2.45, 2.75) is 6.92 Å². The Morgan fingerprint density at radius 1 is 1.33 bits per heavy atom. The second-order valence-electron chi connectivity index (χ2n) is 2.73. The zero-order valence-electron chi connectivity index (χ0n) is 6.44. The second-order valence-corrected chi connectivity index (χ2v) is 3.58. The minimum atomic E-state index is -0.0689. The van der Waals surface area contributed by atoms with Crippen LogP contribution in [0.25, 0.3) is 10.9 Å². The van der Waals surface area contributed by atoms with E-state index in [4.69, 9.17) is 0 Å². The molecule has 1 aromatic carbocycles. The van der Waals surface area contributed by atoms with Crippen molar-refractivity contribution < 1.29 is 0 Å². The molecule has 1 heterocycles. The van der Waals surface area contributed by atoms with Crippen molar-refractivity contribution in [3.63, 3.8) is 0 Å². The van der Waals surface area contributed by atoms with Gasteiger partial charge < -0.3 is 0 Å². The van der Waals surface area contributed by atoms with Gasteiger partial charge in [0.15, 0.2) is 0 Å². The molecule has 2 aromatic rings. The molecule has 0 amide bonds. The Kier molecular flexibility index (Phi) is 1.58. The highest BCUT2D eigenvalue weighted by Gasteiger charge is 2.02. The van der Waals surface area contributed by atoms with Crippen LogP contribution in [-0.4, -0.2) is 10.2 Å². The van der Waals surface area contributed by atoms with Crippen molar-refractivity contribution in [2.24, 2.45) is 0 Å². The molecule has 0 saturated heterocycles.